The smallest absolute Gasteiger partial charge is 0.369 e. The van der Waals surface area contributed by atoms with E-state index in [0.29, 0.717) is 0 Å². The molecule has 242 valence electrons. The molecule has 0 amide bonds. The summed E-state index contributed by atoms with van der Waals surface area (Å²) in [5.41, 5.74) is 4.56. The predicted molar refractivity (Wildman–Crippen MR) is 141 cm³/mol. The van der Waals surface area contributed by atoms with Gasteiger partial charge in [0.1, 0.15) is 18.4 Å². The molecule has 2 aromatic heterocycles. The molecule has 0 radical (unpaired) electrons. The molecule has 1 saturated heterocycles. The summed E-state index contributed by atoms with van der Waals surface area (Å²) in [5, 5.41) is 0. The zero-order valence-electron chi connectivity index (χ0n) is 22.3. The molecular weight excluding hydrogens is 656 g/mol. The second-order valence-electron chi connectivity index (χ2n) is 8.28. The Bertz CT molecular complexity index is 1450. The number of nitrogens with one attached hydrogen (secondary N) is 1. The summed E-state index contributed by atoms with van der Waals surface area (Å²) in [6.07, 6.45) is -3.51. The van der Waals surface area contributed by atoms with Crippen molar-refractivity contribution >= 4 is 48.4 Å². The second kappa shape index (κ2) is 14.6. The second-order valence-corrected chi connectivity index (χ2v) is 13.9. The Labute approximate surface area is 237 Å². The maximum atomic E-state index is 11.9. The quantitative estimate of drug-likeness (QED) is 0.130. The molecule has 26 heteroatoms. The van der Waals surface area contributed by atoms with Crippen LogP contribution < -0.4 is 11.3 Å². The van der Waals surface area contributed by atoms with E-state index in [2.05, 4.69) is 58.3 Å². The number of anilines is 1. The van der Waals surface area contributed by atoms with E-state index in [0.717, 1.165) is 10.9 Å². The van der Waals surface area contributed by atoms with E-state index in [1.165, 1.54) is 19.6 Å². The Hall–Kier alpha value is -1.41. The van der Waals surface area contributed by atoms with Crippen molar-refractivity contribution in [2.75, 3.05) is 32.0 Å². The number of imidazole rings is 1. The first-order valence-corrected chi connectivity index (χ1v) is 17.9. The maximum Gasteiger partial charge on any atom is 0.490 e. The van der Waals surface area contributed by atoms with Crippen molar-refractivity contribution in [1.29, 1.82) is 0 Å². The highest BCUT2D eigenvalue weighted by molar-refractivity contribution is 7.66. The molecule has 3 rings (SSSR count). The van der Waals surface area contributed by atoms with Crippen LogP contribution in [-0.2, 0) is 40.7 Å². The number of ether oxygens (including phenoxy) is 1. The minimum atomic E-state index is -5.80. The third kappa shape index (κ3) is 11.6. The molecule has 42 heavy (non-hydrogen) atoms. The average molecular weight is 688 g/mol. The SMILES string of the molecule is CCN(CC)CC.Nc1nc2c(ncn2[C@H]2C[C@H](OP(=O)(O)O)[C@@H](COP(=O)(O)OP(=O)(O)OP(=O)(O)O)O2)c(=O)[nH]1. The van der Waals surface area contributed by atoms with Gasteiger partial charge in [-0.3, -0.25) is 23.4 Å². The fourth-order valence-electron chi connectivity index (χ4n) is 3.60. The van der Waals surface area contributed by atoms with Gasteiger partial charge in [-0.25, -0.2) is 23.2 Å². The largest absolute Gasteiger partial charge is 0.490 e. The molecule has 0 saturated carbocycles. The number of nitrogens with zero attached hydrogens (tertiary/aromatic N) is 4. The normalized spacial score (nSPS) is 22.5. The number of aromatic amines is 1. The summed E-state index contributed by atoms with van der Waals surface area (Å²) in [5.74, 6) is -0.283. The number of fused-ring (bicyclic) bond motifs is 1. The topological polar surface area (TPSA) is 329 Å². The Balaban J connectivity index is 0.000000782. The fourth-order valence-corrected chi connectivity index (χ4v) is 7.21. The van der Waals surface area contributed by atoms with Crippen LogP contribution in [-0.4, -0.2) is 92.2 Å². The number of H-pyrrole nitrogens is 1. The highest BCUT2D eigenvalue weighted by atomic mass is 31.3. The van der Waals surface area contributed by atoms with Crippen molar-refractivity contribution in [2.45, 2.75) is 45.6 Å². The molecule has 2 unspecified atom stereocenters. The van der Waals surface area contributed by atoms with Crippen LogP contribution in [0, 0.1) is 0 Å². The lowest BCUT2D eigenvalue weighted by Crippen LogP contribution is -2.28. The van der Waals surface area contributed by atoms with Crippen molar-refractivity contribution in [3.8, 4) is 0 Å². The number of phosphoric ester groups is 2. The van der Waals surface area contributed by atoms with Crippen LogP contribution in [0.15, 0.2) is 11.1 Å². The van der Waals surface area contributed by atoms with E-state index in [1.54, 1.807) is 0 Å². The fraction of sp³-hybridized carbons (Fsp3) is 0.688. The molecular formula is C16H32N6O16P4. The highest BCUT2D eigenvalue weighted by Crippen LogP contribution is 2.66. The van der Waals surface area contributed by atoms with Gasteiger partial charge in [-0.15, -0.1) is 0 Å². The van der Waals surface area contributed by atoms with Crippen LogP contribution in [0.2, 0.25) is 0 Å². The van der Waals surface area contributed by atoms with Crippen molar-refractivity contribution in [1.82, 2.24) is 24.4 Å². The van der Waals surface area contributed by atoms with E-state index < -0.39 is 61.9 Å². The van der Waals surface area contributed by atoms with Crippen LogP contribution in [0.4, 0.5) is 5.95 Å². The first-order valence-electron chi connectivity index (χ1n) is 11.8. The molecule has 3 heterocycles. The maximum absolute atomic E-state index is 11.9. The number of phosphoric acid groups is 4. The number of rotatable bonds is 13. The zero-order chi connectivity index (χ0) is 32.1. The Morgan fingerprint density at radius 1 is 1.02 bits per heavy atom. The molecule has 0 spiro atoms. The average Bonchev–Trinajstić information content (AvgIpc) is 3.39. The zero-order valence-corrected chi connectivity index (χ0v) is 25.8. The van der Waals surface area contributed by atoms with E-state index >= 15 is 0 Å². The van der Waals surface area contributed by atoms with Gasteiger partial charge in [0, 0.05) is 6.42 Å². The van der Waals surface area contributed by atoms with E-state index in [9.17, 15) is 32.8 Å². The molecule has 0 bridgehead atoms. The standard InChI is InChI=1S/C10H17N5O16P4.C6H15N/c11-10-13-8-7(9(16)14-10)12-3-15(8)6-1-4(29-32(17,18)19)5(28-6)2-27-34(23,24)31-35(25,26)30-33(20,21)22;1-4-7(5-2)6-3/h3-6H,1-2H2,(H,23,24)(H,25,26)(H2,17,18,19)(H2,20,21,22)(H3,11,13,14,16);4-6H2,1-3H3/t4-,5+,6+;/m0./s1. The van der Waals surface area contributed by atoms with Crippen molar-refractivity contribution in [3.05, 3.63) is 16.7 Å². The van der Waals surface area contributed by atoms with Gasteiger partial charge in [-0.1, -0.05) is 20.8 Å². The van der Waals surface area contributed by atoms with Crippen LogP contribution in [0.3, 0.4) is 0 Å². The molecule has 1 aliphatic rings. The number of nitrogen functional groups attached to an aromatic ring is 1. The van der Waals surface area contributed by atoms with Gasteiger partial charge in [-0.2, -0.15) is 13.6 Å². The third-order valence-corrected chi connectivity index (χ3v) is 9.72. The van der Waals surface area contributed by atoms with Crippen LogP contribution in [0.25, 0.3) is 11.2 Å². The van der Waals surface area contributed by atoms with Gasteiger partial charge in [0.2, 0.25) is 5.95 Å². The van der Waals surface area contributed by atoms with Gasteiger partial charge in [-0.05, 0) is 19.6 Å². The summed E-state index contributed by atoms with van der Waals surface area (Å²) in [6, 6.07) is 0. The van der Waals surface area contributed by atoms with Gasteiger partial charge in [0.15, 0.2) is 11.2 Å². The first-order chi connectivity index (χ1) is 19.2. The molecule has 2 aromatic rings. The summed E-state index contributed by atoms with van der Waals surface area (Å²) in [7, 11) is -22.1. The molecule has 1 fully saturated rings. The monoisotopic (exact) mass is 688 g/mol. The predicted octanol–water partition coefficient (Wildman–Crippen LogP) is 0.159. The van der Waals surface area contributed by atoms with Crippen LogP contribution in [0.1, 0.15) is 33.4 Å². The number of nitrogens with two attached hydrogens (primary N) is 1. The first kappa shape index (κ1) is 36.8. The van der Waals surface area contributed by atoms with Crippen molar-refractivity contribution in [2.24, 2.45) is 0 Å². The van der Waals surface area contributed by atoms with Gasteiger partial charge in [0.05, 0.1) is 12.9 Å². The Kier molecular flexibility index (Phi) is 12.8. The van der Waals surface area contributed by atoms with Gasteiger partial charge >= 0.3 is 31.3 Å². The van der Waals surface area contributed by atoms with E-state index in [-0.39, 0.29) is 23.5 Å². The number of hydrogen-bond acceptors (Lipinski definition) is 14. The van der Waals surface area contributed by atoms with E-state index in [4.69, 9.17) is 30.0 Å². The van der Waals surface area contributed by atoms with Crippen molar-refractivity contribution in [3.63, 3.8) is 0 Å². The van der Waals surface area contributed by atoms with Crippen LogP contribution >= 0.6 is 31.3 Å². The summed E-state index contributed by atoms with van der Waals surface area (Å²) in [6.45, 7) is 9.06. The van der Waals surface area contributed by atoms with Crippen LogP contribution in [0.5, 0.6) is 0 Å². The molecule has 0 aromatic carbocycles. The molecule has 1 aliphatic heterocycles. The van der Waals surface area contributed by atoms with Gasteiger partial charge in [0.25, 0.3) is 5.56 Å². The summed E-state index contributed by atoms with van der Waals surface area (Å²) >= 11 is 0. The third-order valence-electron chi connectivity index (χ3n) is 5.37. The lowest BCUT2D eigenvalue weighted by atomic mass is 10.2. The molecule has 22 nitrogen and oxygen atoms in total. The Morgan fingerprint density at radius 3 is 2.12 bits per heavy atom. The minimum absolute atomic E-state index is 0.0836. The number of hydrogen-bond donors (Lipinski definition) is 8. The molecule has 0 aliphatic carbocycles. The molecule has 5 atom stereocenters. The lowest BCUT2D eigenvalue weighted by Gasteiger charge is -2.21. The van der Waals surface area contributed by atoms with E-state index in [1.807, 2.05) is 0 Å². The minimum Gasteiger partial charge on any atom is -0.369 e. The van der Waals surface area contributed by atoms with Crippen molar-refractivity contribution < 1.29 is 70.0 Å². The Morgan fingerprint density at radius 2 is 1.62 bits per heavy atom. The number of aromatic nitrogens is 4. The van der Waals surface area contributed by atoms with Gasteiger partial charge < -0.3 is 44.7 Å². The summed E-state index contributed by atoms with van der Waals surface area (Å²) < 4.78 is 68.3. The summed E-state index contributed by atoms with van der Waals surface area (Å²) in [4.78, 5) is 78.4. The lowest BCUT2D eigenvalue weighted by molar-refractivity contribution is -0.0416. The molecule has 9 N–H and O–H groups in total. The highest BCUT2D eigenvalue weighted by Gasteiger charge is 2.45.